The molecule has 0 saturated heterocycles. The molecule has 1 atom stereocenters. The van der Waals surface area contributed by atoms with E-state index in [1.54, 1.807) is 0 Å². The fourth-order valence-electron chi connectivity index (χ4n) is 8.36. The van der Waals surface area contributed by atoms with Gasteiger partial charge in [0.15, 0.2) is 6.10 Å². The van der Waals surface area contributed by atoms with Gasteiger partial charge in [0.25, 0.3) is 0 Å². The molecule has 0 radical (unpaired) electrons. The number of unbranched alkanes of at least 4 members (excludes halogenated alkanes) is 35. The van der Waals surface area contributed by atoms with Crippen molar-refractivity contribution in [3.05, 3.63) is 36.5 Å². The van der Waals surface area contributed by atoms with Gasteiger partial charge in [-0.3, -0.25) is 14.4 Å². The van der Waals surface area contributed by atoms with Crippen LogP contribution in [0.5, 0.6) is 0 Å². The van der Waals surface area contributed by atoms with Crippen LogP contribution in [-0.2, 0) is 28.6 Å². The molecular weight excluding hydrogens is 805 g/mol. The molecule has 380 valence electrons. The van der Waals surface area contributed by atoms with Gasteiger partial charge in [-0.2, -0.15) is 0 Å². The quantitative estimate of drug-likeness (QED) is 0.0262. The molecule has 0 heterocycles. The smallest absolute Gasteiger partial charge is 0.306 e. The number of carbonyl (C=O) groups excluding carboxylic acids is 3. The maximum Gasteiger partial charge on any atom is 0.306 e. The molecule has 0 saturated carbocycles. The Bertz CT molecular complexity index is 1090. The fraction of sp³-hybridized carbons (Fsp3) is 0.847. The van der Waals surface area contributed by atoms with Crippen molar-refractivity contribution >= 4 is 17.9 Å². The first kappa shape index (κ1) is 62.6. The molecule has 0 aromatic heterocycles. The lowest BCUT2D eigenvalue weighted by molar-refractivity contribution is -0.167. The lowest BCUT2D eigenvalue weighted by atomic mass is 10.0. The highest BCUT2D eigenvalue weighted by atomic mass is 16.6. The highest BCUT2D eigenvalue weighted by molar-refractivity contribution is 5.71. The summed E-state index contributed by atoms with van der Waals surface area (Å²) < 4.78 is 16.8. The second-order valence-electron chi connectivity index (χ2n) is 19.2. The monoisotopic (exact) mass is 913 g/mol. The van der Waals surface area contributed by atoms with E-state index in [0.717, 1.165) is 83.5 Å². The van der Waals surface area contributed by atoms with E-state index in [0.29, 0.717) is 19.3 Å². The van der Waals surface area contributed by atoms with Gasteiger partial charge >= 0.3 is 17.9 Å². The number of esters is 3. The Kier molecular flexibility index (Phi) is 52.3. The highest BCUT2D eigenvalue weighted by Crippen LogP contribution is 2.16. The molecule has 0 aromatic carbocycles. The van der Waals surface area contributed by atoms with Gasteiger partial charge in [0.1, 0.15) is 13.2 Å². The van der Waals surface area contributed by atoms with E-state index in [-0.39, 0.29) is 31.1 Å². The minimum atomic E-state index is -0.777. The first-order valence-corrected chi connectivity index (χ1v) is 28.5. The van der Waals surface area contributed by atoms with Gasteiger partial charge in [0.2, 0.25) is 0 Å². The summed E-state index contributed by atoms with van der Waals surface area (Å²) in [4.78, 5) is 38.1. The Labute approximate surface area is 404 Å². The van der Waals surface area contributed by atoms with Gasteiger partial charge in [0, 0.05) is 19.3 Å². The van der Waals surface area contributed by atoms with Crippen LogP contribution in [0, 0.1) is 0 Å². The Morgan fingerprint density at radius 2 is 0.600 bits per heavy atom. The van der Waals surface area contributed by atoms with Crippen LogP contribution in [0.4, 0.5) is 0 Å². The standard InChI is InChI=1S/C59H108O6/c1-4-7-10-13-16-19-22-25-27-29-31-32-34-37-40-43-46-49-52-58(61)64-55-56(54-63-57(60)51-48-45-42-39-36-24-21-18-15-12-9-6-3)65-59(62)53-50-47-44-41-38-35-33-30-28-26-23-20-17-14-11-8-5-2/h9,12,18,21,26,28,56H,4-8,10-11,13-17,19-20,22-25,27,29-55H2,1-3H3/b12-9-,21-18-,28-26-. The van der Waals surface area contributed by atoms with Gasteiger partial charge in [-0.25, -0.2) is 0 Å². The SMILES string of the molecule is CC/C=C\C/C=C\CCCCCCCC(=O)OCC(COC(=O)CCCCCCCCCCCCCCCCCCCC)OC(=O)CCCCCCCCC/C=C\CCCCCCCC. The summed E-state index contributed by atoms with van der Waals surface area (Å²) in [5.74, 6) is -0.879. The second kappa shape index (κ2) is 54.2. The van der Waals surface area contributed by atoms with Crippen LogP contribution in [0.3, 0.4) is 0 Å². The van der Waals surface area contributed by atoms with E-state index in [4.69, 9.17) is 14.2 Å². The molecule has 1 unspecified atom stereocenters. The highest BCUT2D eigenvalue weighted by Gasteiger charge is 2.19. The zero-order valence-electron chi connectivity index (χ0n) is 43.5. The first-order valence-electron chi connectivity index (χ1n) is 28.5. The van der Waals surface area contributed by atoms with Crippen LogP contribution >= 0.6 is 0 Å². The van der Waals surface area contributed by atoms with Crippen LogP contribution in [0.25, 0.3) is 0 Å². The lowest BCUT2D eigenvalue weighted by Gasteiger charge is -2.18. The summed E-state index contributed by atoms with van der Waals surface area (Å²) in [6, 6.07) is 0. The van der Waals surface area contributed by atoms with Crippen molar-refractivity contribution in [3.8, 4) is 0 Å². The molecule has 6 nitrogen and oxygen atoms in total. The first-order chi connectivity index (χ1) is 32.0. The predicted octanol–water partition coefficient (Wildman–Crippen LogP) is 18.9. The second-order valence-corrected chi connectivity index (χ2v) is 19.2. The number of allylic oxidation sites excluding steroid dienone is 6. The van der Waals surface area contributed by atoms with Crippen molar-refractivity contribution in [1.82, 2.24) is 0 Å². The molecule has 0 amide bonds. The molecule has 0 N–H and O–H groups in total. The fourth-order valence-corrected chi connectivity index (χ4v) is 8.36. The third kappa shape index (κ3) is 52.5. The summed E-state index contributed by atoms with van der Waals surface area (Å²) in [5.41, 5.74) is 0. The maximum atomic E-state index is 12.8. The topological polar surface area (TPSA) is 78.9 Å². The lowest BCUT2D eigenvalue weighted by Crippen LogP contribution is -2.30. The average molecular weight is 914 g/mol. The minimum absolute atomic E-state index is 0.0749. The van der Waals surface area contributed by atoms with Gasteiger partial charge in [-0.1, -0.05) is 250 Å². The largest absolute Gasteiger partial charge is 0.462 e. The minimum Gasteiger partial charge on any atom is -0.462 e. The maximum absolute atomic E-state index is 12.8. The summed E-state index contributed by atoms with van der Waals surface area (Å²) in [6.07, 6.45) is 64.2. The van der Waals surface area contributed by atoms with E-state index >= 15 is 0 Å². The molecule has 0 aliphatic rings. The number of rotatable bonds is 52. The van der Waals surface area contributed by atoms with Crippen LogP contribution in [-0.4, -0.2) is 37.2 Å². The van der Waals surface area contributed by atoms with Crippen LogP contribution in [0.2, 0.25) is 0 Å². The van der Waals surface area contributed by atoms with Crippen molar-refractivity contribution in [2.24, 2.45) is 0 Å². The van der Waals surface area contributed by atoms with Gasteiger partial charge in [0.05, 0.1) is 0 Å². The molecule has 0 spiro atoms. The van der Waals surface area contributed by atoms with Gasteiger partial charge < -0.3 is 14.2 Å². The zero-order valence-corrected chi connectivity index (χ0v) is 43.5. The Hall–Kier alpha value is -2.37. The molecule has 65 heavy (non-hydrogen) atoms. The molecule has 0 bridgehead atoms. The summed E-state index contributed by atoms with van der Waals surface area (Å²) in [6.45, 7) is 6.55. The van der Waals surface area contributed by atoms with Crippen LogP contribution in [0.1, 0.15) is 303 Å². The molecule has 6 heteroatoms. The normalized spacial score (nSPS) is 12.2. The number of hydrogen-bond donors (Lipinski definition) is 0. The summed E-state index contributed by atoms with van der Waals surface area (Å²) in [7, 11) is 0. The van der Waals surface area contributed by atoms with E-state index in [9.17, 15) is 14.4 Å². The number of hydrogen-bond acceptors (Lipinski definition) is 6. The summed E-state index contributed by atoms with van der Waals surface area (Å²) in [5, 5.41) is 0. The van der Waals surface area contributed by atoms with Crippen LogP contribution < -0.4 is 0 Å². The zero-order chi connectivity index (χ0) is 47.2. The van der Waals surface area contributed by atoms with Crippen molar-refractivity contribution in [1.29, 1.82) is 0 Å². The molecule has 0 aromatic rings. The van der Waals surface area contributed by atoms with E-state index in [2.05, 4.69) is 57.2 Å². The van der Waals surface area contributed by atoms with Crippen molar-refractivity contribution in [2.45, 2.75) is 309 Å². The van der Waals surface area contributed by atoms with E-state index < -0.39 is 6.10 Å². The number of ether oxygens (including phenoxy) is 3. The Balaban J connectivity index is 4.32. The molecule has 0 aliphatic carbocycles. The Morgan fingerprint density at radius 3 is 0.938 bits per heavy atom. The summed E-state index contributed by atoms with van der Waals surface area (Å²) >= 11 is 0. The number of carbonyl (C=O) groups is 3. The molecular formula is C59H108O6. The van der Waals surface area contributed by atoms with Crippen molar-refractivity contribution < 1.29 is 28.6 Å². The third-order valence-electron chi connectivity index (χ3n) is 12.6. The van der Waals surface area contributed by atoms with E-state index in [1.807, 2.05) is 0 Å². The van der Waals surface area contributed by atoms with Crippen LogP contribution in [0.15, 0.2) is 36.5 Å². The molecule has 0 aliphatic heterocycles. The Morgan fingerprint density at radius 1 is 0.323 bits per heavy atom. The van der Waals surface area contributed by atoms with Crippen molar-refractivity contribution in [3.63, 3.8) is 0 Å². The van der Waals surface area contributed by atoms with Crippen molar-refractivity contribution in [2.75, 3.05) is 13.2 Å². The third-order valence-corrected chi connectivity index (χ3v) is 12.6. The predicted molar refractivity (Wildman–Crippen MR) is 279 cm³/mol. The van der Waals surface area contributed by atoms with Gasteiger partial charge in [-0.05, 0) is 70.6 Å². The molecule has 0 fully saturated rings. The van der Waals surface area contributed by atoms with Gasteiger partial charge in [-0.15, -0.1) is 0 Å². The molecule has 0 rings (SSSR count). The average Bonchev–Trinajstić information content (AvgIpc) is 3.30. The van der Waals surface area contributed by atoms with E-state index in [1.165, 1.54) is 180 Å².